The van der Waals surface area contributed by atoms with Crippen molar-refractivity contribution >= 4 is 17.7 Å². The van der Waals surface area contributed by atoms with Crippen LogP contribution in [0.4, 0.5) is 14.9 Å². The highest BCUT2D eigenvalue weighted by molar-refractivity contribution is 5.95. The molecule has 6 nitrogen and oxygen atoms in total. The van der Waals surface area contributed by atoms with Crippen LogP contribution in [0.15, 0.2) is 18.2 Å². The first kappa shape index (κ1) is 10.8. The van der Waals surface area contributed by atoms with Crippen molar-refractivity contribution in [1.29, 1.82) is 0 Å². The number of carboxylic acid groups (broad SMARTS) is 1. The van der Waals surface area contributed by atoms with Crippen molar-refractivity contribution in [2.75, 3.05) is 5.73 Å². The van der Waals surface area contributed by atoms with Gasteiger partial charge in [-0.2, -0.15) is 0 Å². The number of carbonyl (C=O) groups excluding carboxylic acids is 1. The maximum atomic E-state index is 13.1. The Hall–Kier alpha value is -2.31. The van der Waals surface area contributed by atoms with Crippen LogP contribution in [0.5, 0.6) is 0 Å². The van der Waals surface area contributed by atoms with Crippen LogP contribution in [-0.4, -0.2) is 17.1 Å². The summed E-state index contributed by atoms with van der Waals surface area (Å²) in [5.74, 6) is -1.71. The molecule has 15 heavy (non-hydrogen) atoms. The van der Waals surface area contributed by atoms with Crippen LogP contribution >= 0.6 is 0 Å². The number of benzene rings is 1. The number of hydrazine groups is 1. The van der Waals surface area contributed by atoms with Crippen molar-refractivity contribution in [3.8, 4) is 0 Å². The Morgan fingerprint density at radius 3 is 2.53 bits per heavy atom. The van der Waals surface area contributed by atoms with Crippen molar-refractivity contribution in [3.63, 3.8) is 0 Å². The van der Waals surface area contributed by atoms with Gasteiger partial charge in [0.1, 0.15) is 5.82 Å². The van der Waals surface area contributed by atoms with E-state index in [0.717, 1.165) is 12.1 Å². The zero-order valence-corrected chi connectivity index (χ0v) is 7.45. The molecule has 0 aliphatic carbocycles. The number of hydrogen-bond donors (Lipinski definition) is 4. The fraction of sp³-hybridized carbons (Fsp3) is 0. The predicted molar refractivity (Wildman–Crippen MR) is 49.4 cm³/mol. The molecule has 80 valence electrons. The molecule has 0 atom stereocenters. The third-order valence-corrected chi connectivity index (χ3v) is 1.52. The number of halogens is 1. The standard InChI is InChI=1S/C8H8FN3O3/c9-6-3-4(10)1-2-5(6)7(13)11-12-8(14)15/h1-3,12H,10H2,(H,11,13)(H,14,15). The Morgan fingerprint density at radius 2 is 2.00 bits per heavy atom. The van der Waals surface area contributed by atoms with Crippen molar-refractivity contribution in [2.24, 2.45) is 0 Å². The largest absolute Gasteiger partial charge is 0.464 e. The minimum absolute atomic E-state index is 0.176. The van der Waals surface area contributed by atoms with Crippen LogP contribution < -0.4 is 16.6 Å². The molecule has 0 aliphatic rings. The van der Waals surface area contributed by atoms with Gasteiger partial charge in [0.05, 0.1) is 5.56 Å². The second-order valence-electron chi connectivity index (χ2n) is 2.62. The molecule has 5 N–H and O–H groups in total. The highest BCUT2D eigenvalue weighted by Gasteiger charge is 2.11. The molecule has 0 saturated carbocycles. The quantitative estimate of drug-likeness (QED) is 0.398. The number of nitrogens with one attached hydrogen (secondary N) is 2. The van der Waals surface area contributed by atoms with Gasteiger partial charge in [-0.3, -0.25) is 10.2 Å². The third kappa shape index (κ3) is 2.83. The topological polar surface area (TPSA) is 104 Å². The molecule has 0 saturated heterocycles. The van der Waals surface area contributed by atoms with E-state index >= 15 is 0 Å². The van der Waals surface area contributed by atoms with Crippen molar-refractivity contribution < 1.29 is 19.1 Å². The molecule has 0 fully saturated rings. The predicted octanol–water partition coefficient (Wildman–Crippen LogP) is 0.320. The van der Waals surface area contributed by atoms with Crippen LogP contribution in [0.1, 0.15) is 10.4 Å². The van der Waals surface area contributed by atoms with Gasteiger partial charge in [0, 0.05) is 5.69 Å². The summed E-state index contributed by atoms with van der Waals surface area (Å²) < 4.78 is 13.1. The monoisotopic (exact) mass is 213 g/mol. The molecule has 0 bridgehead atoms. The SMILES string of the molecule is Nc1ccc(C(=O)NNC(=O)O)c(F)c1. The molecule has 2 amide bonds. The summed E-state index contributed by atoms with van der Waals surface area (Å²) >= 11 is 0. The zero-order valence-electron chi connectivity index (χ0n) is 7.45. The Morgan fingerprint density at radius 1 is 1.33 bits per heavy atom. The Kier molecular flexibility index (Phi) is 3.06. The van der Waals surface area contributed by atoms with E-state index in [0.29, 0.717) is 0 Å². The van der Waals surface area contributed by atoms with Gasteiger partial charge in [-0.15, -0.1) is 0 Å². The lowest BCUT2D eigenvalue weighted by Crippen LogP contribution is -2.41. The van der Waals surface area contributed by atoms with Gasteiger partial charge in [0.25, 0.3) is 5.91 Å². The average molecular weight is 213 g/mol. The highest BCUT2D eigenvalue weighted by atomic mass is 19.1. The molecule has 0 aromatic heterocycles. The lowest BCUT2D eigenvalue weighted by molar-refractivity contribution is 0.0922. The molecule has 1 rings (SSSR count). The number of anilines is 1. The first-order chi connectivity index (χ1) is 7.00. The fourth-order valence-corrected chi connectivity index (χ4v) is 0.893. The normalized spacial score (nSPS) is 9.40. The van der Waals surface area contributed by atoms with Crippen LogP contribution in [-0.2, 0) is 0 Å². The summed E-state index contributed by atoms with van der Waals surface area (Å²) in [6.45, 7) is 0. The third-order valence-electron chi connectivity index (χ3n) is 1.52. The van der Waals surface area contributed by atoms with Crippen molar-refractivity contribution in [3.05, 3.63) is 29.6 Å². The van der Waals surface area contributed by atoms with Crippen molar-refractivity contribution in [1.82, 2.24) is 10.9 Å². The molecule has 1 aromatic carbocycles. The first-order valence-corrected chi connectivity index (χ1v) is 3.85. The number of rotatable bonds is 1. The number of amides is 2. The Labute approximate surface area is 83.9 Å². The molecule has 0 radical (unpaired) electrons. The molecule has 0 heterocycles. The van der Waals surface area contributed by atoms with Crippen molar-refractivity contribution in [2.45, 2.75) is 0 Å². The fourth-order valence-electron chi connectivity index (χ4n) is 0.893. The summed E-state index contributed by atoms with van der Waals surface area (Å²) in [6, 6.07) is 3.46. The van der Waals surface area contributed by atoms with E-state index in [9.17, 15) is 14.0 Å². The maximum absolute atomic E-state index is 13.1. The molecule has 1 aromatic rings. The number of carbonyl (C=O) groups is 2. The minimum atomic E-state index is -1.45. The van der Waals surface area contributed by atoms with Crippen LogP contribution in [0.3, 0.4) is 0 Å². The van der Waals surface area contributed by atoms with Gasteiger partial charge in [-0.25, -0.2) is 14.6 Å². The summed E-state index contributed by atoms with van der Waals surface area (Å²) in [5.41, 5.74) is 8.55. The highest BCUT2D eigenvalue weighted by Crippen LogP contribution is 2.11. The van der Waals surface area contributed by atoms with Gasteiger partial charge in [0.2, 0.25) is 0 Å². The first-order valence-electron chi connectivity index (χ1n) is 3.85. The van der Waals surface area contributed by atoms with Crippen LogP contribution in [0.25, 0.3) is 0 Å². The smallest absolute Gasteiger partial charge is 0.423 e. The molecular weight excluding hydrogens is 205 g/mol. The van der Waals surface area contributed by atoms with Gasteiger partial charge >= 0.3 is 6.09 Å². The molecular formula is C8H8FN3O3. The summed E-state index contributed by atoms with van der Waals surface area (Å²) in [6.07, 6.45) is -1.45. The maximum Gasteiger partial charge on any atom is 0.423 e. The second kappa shape index (κ2) is 4.27. The lowest BCUT2D eigenvalue weighted by Gasteiger charge is -2.05. The molecule has 7 heteroatoms. The van der Waals surface area contributed by atoms with E-state index in [2.05, 4.69) is 0 Å². The van der Waals surface area contributed by atoms with E-state index < -0.39 is 17.8 Å². The van der Waals surface area contributed by atoms with Gasteiger partial charge < -0.3 is 10.8 Å². The Bertz CT molecular complexity index is 408. The summed E-state index contributed by atoms with van der Waals surface area (Å²) in [7, 11) is 0. The molecule has 0 aliphatic heterocycles. The van der Waals surface area contributed by atoms with Crippen LogP contribution in [0, 0.1) is 5.82 Å². The van der Waals surface area contributed by atoms with E-state index in [1.807, 2.05) is 0 Å². The minimum Gasteiger partial charge on any atom is -0.464 e. The van der Waals surface area contributed by atoms with Gasteiger partial charge in [-0.1, -0.05) is 0 Å². The molecule has 0 unspecified atom stereocenters. The Balaban J connectivity index is 2.78. The van der Waals surface area contributed by atoms with E-state index in [-0.39, 0.29) is 11.3 Å². The van der Waals surface area contributed by atoms with Crippen LogP contribution in [0.2, 0.25) is 0 Å². The number of nitrogen functional groups attached to an aromatic ring is 1. The molecule has 0 spiro atoms. The van der Waals surface area contributed by atoms with Gasteiger partial charge in [-0.05, 0) is 18.2 Å². The zero-order chi connectivity index (χ0) is 11.4. The van der Waals surface area contributed by atoms with E-state index in [1.54, 1.807) is 10.9 Å². The van der Waals surface area contributed by atoms with E-state index in [1.165, 1.54) is 6.07 Å². The number of hydrogen-bond acceptors (Lipinski definition) is 3. The summed E-state index contributed by atoms with van der Waals surface area (Å²) in [5, 5.41) is 8.18. The lowest BCUT2D eigenvalue weighted by atomic mass is 10.2. The summed E-state index contributed by atoms with van der Waals surface area (Å²) in [4.78, 5) is 21.2. The van der Waals surface area contributed by atoms with E-state index in [4.69, 9.17) is 10.8 Å². The number of nitrogens with two attached hydrogens (primary N) is 1. The average Bonchev–Trinajstić information content (AvgIpc) is 2.14. The second-order valence-corrected chi connectivity index (χ2v) is 2.62. The van der Waals surface area contributed by atoms with Gasteiger partial charge in [0.15, 0.2) is 0 Å².